The Labute approximate surface area is 178 Å². The normalized spacial score (nSPS) is 11.9. The van der Waals surface area contributed by atoms with E-state index in [1.165, 1.54) is 11.8 Å². The summed E-state index contributed by atoms with van der Waals surface area (Å²) in [6.07, 6.45) is 1.29. The highest BCUT2D eigenvalue weighted by Gasteiger charge is 2.19. The molecule has 3 aromatic rings. The summed E-state index contributed by atoms with van der Waals surface area (Å²) in [5, 5.41) is 12.2. The van der Waals surface area contributed by atoms with Crippen molar-refractivity contribution in [2.24, 2.45) is 0 Å². The van der Waals surface area contributed by atoms with Crippen LogP contribution >= 0.6 is 23.4 Å². The number of anilines is 1. The molecule has 0 radical (unpaired) electrons. The number of pyridine rings is 1. The number of rotatable bonds is 8. The van der Waals surface area contributed by atoms with Gasteiger partial charge < -0.3 is 14.6 Å². The highest BCUT2D eigenvalue weighted by molar-refractivity contribution is 7.99. The lowest BCUT2D eigenvalue weighted by Gasteiger charge is -2.16. The molecule has 1 unspecified atom stereocenters. The number of thioether (sulfide) groups is 1. The standard InChI is InChI=1S/C20H22ClN5O2S/c1-4-26-19(14(3)28-15-8-5-7-13(2)11-15)24-25-20(26)29-12-17(27)23-16-9-6-10-22-18(16)21/h5-11,14H,4,12H2,1-3H3,(H,23,27). The third-order valence-electron chi connectivity index (χ3n) is 4.09. The van der Waals surface area contributed by atoms with Gasteiger partial charge in [0.05, 0.1) is 11.4 Å². The fourth-order valence-corrected chi connectivity index (χ4v) is 3.72. The minimum absolute atomic E-state index is 0.177. The van der Waals surface area contributed by atoms with Crippen LogP contribution in [-0.4, -0.2) is 31.4 Å². The third kappa shape index (κ3) is 5.48. The van der Waals surface area contributed by atoms with Gasteiger partial charge in [-0.15, -0.1) is 10.2 Å². The molecule has 1 N–H and O–H groups in total. The topological polar surface area (TPSA) is 81.9 Å². The molecule has 0 spiro atoms. The minimum Gasteiger partial charge on any atom is -0.483 e. The first-order valence-electron chi connectivity index (χ1n) is 9.17. The van der Waals surface area contributed by atoms with Crippen LogP contribution in [0.25, 0.3) is 0 Å². The van der Waals surface area contributed by atoms with E-state index in [4.69, 9.17) is 16.3 Å². The summed E-state index contributed by atoms with van der Waals surface area (Å²) >= 11 is 7.28. The second kappa shape index (κ2) is 9.76. The fourth-order valence-electron chi connectivity index (χ4n) is 2.75. The number of amides is 1. The number of nitrogens with one attached hydrogen (secondary N) is 1. The van der Waals surface area contributed by atoms with E-state index in [1.54, 1.807) is 18.3 Å². The van der Waals surface area contributed by atoms with Gasteiger partial charge in [-0.1, -0.05) is 35.5 Å². The van der Waals surface area contributed by atoms with E-state index >= 15 is 0 Å². The van der Waals surface area contributed by atoms with Crippen molar-refractivity contribution < 1.29 is 9.53 Å². The summed E-state index contributed by atoms with van der Waals surface area (Å²) in [4.78, 5) is 16.2. The molecule has 0 aliphatic carbocycles. The molecule has 2 heterocycles. The van der Waals surface area contributed by atoms with E-state index in [1.807, 2.05) is 49.6 Å². The average molecular weight is 432 g/mol. The number of nitrogens with zero attached hydrogens (tertiary/aromatic N) is 4. The fraction of sp³-hybridized carbons (Fsp3) is 0.300. The Kier molecular flexibility index (Phi) is 7.11. The van der Waals surface area contributed by atoms with Crippen molar-refractivity contribution >= 4 is 35.0 Å². The molecule has 1 atom stereocenters. The molecule has 0 saturated heterocycles. The van der Waals surface area contributed by atoms with Crippen LogP contribution in [0.5, 0.6) is 5.75 Å². The monoisotopic (exact) mass is 431 g/mol. The number of hydrogen-bond donors (Lipinski definition) is 1. The van der Waals surface area contributed by atoms with Crippen molar-refractivity contribution in [3.63, 3.8) is 0 Å². The van der Waals surface area contributed by atoms with Crippen LogP contribution in [0.4, 0.5) is 5.69 Å². The summed E-state index contributed by atoms with van der Waals surface area (Å²) in [5.74, 6) is 1.48. The van der Waals surface area contributed by atoms with Gasteiger partial charge in [0.1, 0.15) is 5.75 Å². The number of aryl methyl sites for hydroxylation is 1. The molecule has 0 fully saturated rings. The lowest BCUT2D eigenvalue weighted by molar-refractivity contribution is -0.113. The molecule has 1 amide bonds. The SMILES string of the molecule is CCn1c(SCC(=O)Nc2cccnc2Cl)nnc1C(C)Oc1cccc(C)c1. The highest BCUT2D eigenvalue weighted by atomic mass is 35.5. The van der Waals surface area contributed by atoms with Gasteiger partial charge >= 0.3 is 0 Å². The van der Waals surface area contributed by atoms with Gasteiger partial charge in [0.25, 0.3) is 0 Å². The van der Waals surface area contributed by atoms with Crippen molar-refractivity contribution in [1.29, 1.82) is 0 Å². The van der Waals surface area contributed by atoms with Crippen LogP contribution in [0.1, 0.15) is 31.3 Å². The zero-order valence-corrected chi connectivity index (χ0v) is 18.0. The molecule has 9 heteroatoms. The van der Waals surface area contributed by atoms with Gasteiger partial charge in [0.2, 0.25) is 5.91 Å². The van der Waals surface area contributed by atoms with E-state index < -0.39 is 0 Å². The first kappa shape index (κ1) is 21.1. The number of benzene rings is 1. The Balaban J connectivity index is 1.64. The maximum absolute atomic E-state index is 12.3. The number of carbonyl (C=O) groups excluding carboxylic acids is 1. The predicted molar refractivity (Wildman–Crippen MR) is 115 cm³/mol. The zero-order valence-electron chi connectivity index (χ0n) is 16.4. The summed E-state index contributed by atoms with van der Waals surface area (Å²) in [6.45, 7) is 6.63. The van der Waals surface area contributed by atoms with Crippen molar-refractivity contribution in [1.82, 2.24) is 19.7 Å². The Morgan fingerprint density at radius 3 is 2.86 bits per heavy atom. The molecule has 0 aliphatic rings. The van der Waals surface area contributed by atoms with Gasteiger partial charge in [-0.05, 0) is 50.6 Å². The smallest absolute Gasteiger partial charge is 0.234 e. The van der Waals surface area contributed by atoms with E-state index in [-0.39, 0.29) is 22.9 Å². The van der Waals surface area contributed by atoms with Gasteiger partial charge in [-0.25, -0.2) is 4.98 Å². The predicted octanol–water partition coefficient (Wildman–Crippen LogP) is 4.53. The van der Waals surface area contributed by atoms with E-state index in [0.717, 1.165) is 11.3 Å². The summed E-state index contributed by atoms with van der Waals surface area (Å²) in [5.41, 5.74) is 1.61. The molecular formula is C20H22ClN5O2S. The maximum Gasteiger partial charge on any atom is 0.234 e. The number of ether oxygens (including phenoxy) is 1. The molecular weight excluding hydrogens is 410 g/mol. The molecule has 0 bridgehead atoms. The number of carbonyl (C=O) groups is 1. The molecule has 29 heavy (non-hydrogen) atoms. The Hall–Kier alpha value is -2.58. The van der Waals surface area contributed by atoms with Gasteiger partial charge in [0, 0.05) is 12.7 Å². The zero-order chi connectivity index (χ0) is 20.8. The number of hydrogen-bond acceptors (Lipinski definition) is 6. The lowest BCUT2D eigenvalue weighted by Crippen LogP contribution is -2.16. The van der Waals surface area contributed by atoms with Crippen LogP contribution in [0, 0.1) is 6.92 Å². The van der Waals surface area contributed by atoms with E-state index in [0.29, 0.717) is 23.2 Å². The minimum atomic E-state index is -0.276. The average Bonchev–Trinajstić information content (AvgIpc) is 3.11. The van der Waals surface area contributed by atoms with Gasteiger partial charge in [-0.2, -0.15) is 0 Å². The maximum atomic E-state index is 12.3. The molecule has 0 saturated carbocycles. The molecule has 7 nitrogen and oxygen atoms in total. The third-order valence-corrected chi connectivity index (χ3v) is 5.36. The van der Waals surface area contributed by atoms with Gasteiger partial charge in [0.15, 0.2) is 22.2 Å². The highest BCUT2D eigenvalue weighted by Crippen LogP contribution is 2.25. The Morgan fingerprint density at radius 2 is 2.14 bits per heavy atom. The van der Waals surface area contributed by atoms with Crippen LogP contribution < -0.4 is 10.1 Å². The van der Waals surface area contributed by atoms with Crippen molar-refractivity contribution in [3.8, 4) is 5.75 Å². The van der Waals surface area contributed by atoms with Crippen LogP contribution in [0.3, 0.4) is 0 Å². The number of aromatic nitrogens is 4. The summed E-state index contributed by atoms with van der Waals surface area (Å²) in [7, 11) is 0. The van der Waals surface area contributed by atoms with Gasteiger partial charge in [-0.3, -0.25) is 4.79 Å². The van der Waals surface area contributed by atoms with E-state index in [2.05, 4.69) is 20.5 Å². The number of halogens is 1. The summed E-state index contributed by atoms with van der Waals surface area (Å²) in [6, 6.07) is 11.3. The lowest BCUT2D eigenvalue weighted by atomic mass is 10.2. The summed E-state index contributed by atoms with van der Waals surface area (Å²) < 4.78 is 7.98. The molecule has 0 aliphatic heterocycles. The van der Waals surface area contributed by atoms with E-state index in [9.17, 15) is 4.79 Å². The molecule has 2 aromatic heterocycles. The molecule has 152 valence electrons. The van der Waals surface area contributed by atoms with Crippen molar-refractivity contribution in [3.05, 3.63) is 59.1 Å². The first-order valence-corrected chi connectivity index (χ1v) is 10.5. The second-order valence-corrected chi connectivity index (χ2v) is 7.64. The van der Waals surface area contributed by atoms with Crippen LogP contribution in [0.15, 0.2) is 47.8 Å². The first-order chi connectivity index (χ1) is 14.0. The second-order valence-electron chi connectivity index (χ2n) is 6.34. The van der Waals surface area contributed by atoms with Crippen LogP contribution in [-0.2, 0) is 11.3 Å². The molecule has 1 aromatic carbocycles. The van der Waals surface area contributed by atoms with Crippen molar-refractivity contribution in [2.45, 2.75) is 38.6 Å². The van der Waals surface area contributed by atoms with Crippen LogP contribution in [0.2, 0.25) is 5.15 Å². The Morgan fingerprint density at radius 1 is 1.31 bits per heavy atom. The quantitative estimate of drug-likeness (QED) is 0.417. The van der Waals surface area contributed by atoms with Crippen molar-refractivity contribution in [2.75, 3.05) is 11.1 Å². The molecule has 3 rings (SSSR count). The Bertz CT molecular complexity index is 995. The largest absolute Gasteiger partial charge is 0.483 e.